The van der Waals surface area contributed by atoms with Crippen molar-refractivity contribution in [1.82, 2.24) is 5.01 Å². The van der Waals surface area contributed by atoms with Gasteiger partial charge in [-0.1, -0.05) is 45.4 Å². The summed E-state index contributed by atoms with van der Waals surface area (Å²) in [7, 11) is 0. The van der Waals surface area contributed by atoms with E-state index in [0.717, 1.165) is 32.2 Å². The van der Waals surface area contributed by atoms with Crippen LogP contribution in [0, 0.1) is 5.41 Å². The number of hydrazine groups is 1. The van der Waals surface area contributed by atoms with E-state index in [1.165, 1.54) is 11.3 Å². The highest BCUT2D eigenvalue weighted by Gasteiger charge is 2.49. The van der Waals surface area contributed by atoms with E-state index >= 15 is 0 Å². The molecule has 3 heteroatoms. The molecule has 0 saturated carbocycles. The van der Waals surface area contributed by atoms with Crippen LogP contribution in [0.2, 0.25) is 0 Å². The molecule has 0 aromatic heterocycles. The molecule has 0 spiro atoms. The van der Waals surface area contributed by atoms with Gasteiger partial charge in [0, 0.05) is 12.0 Å². The number of amides is 1. The molecule has 0 aliphatic carbocycles. The van der Waals surface area contributed by atoms with Gasteiger partial charge in [0.1, 0.15) is 0 Å². The van der Waals surface area contributed by atoms with Gasteiger partial charge in [0.25, 0.3) is 0 Å². The van der Waals surface area contributed by atoms with Crippen molar-refractivity contribution in [3.63, 3.8) is 0 Å². The van der Waals surface area contributed by atoms with E-state index in [4.69, 9.17) is 0 Å². The van der Waals surface area contributed by atoms with Crippen molar-refractivity contribution in [3.05, 3.63) is 29.8 Å². The van der Waals surface area contributed by atoms with Crippen molar-refractivity contribution in [3.8, 4) is 0 Å². The molecule has 2 aliphatic rings. The Morgan fingerprint density at radius 2 is 2.05 bits per heavy atom. The number of hydrogen-bond donors (Lipinski definition) is 0. The van der Waals surface area contributed by atoms with Gasteiger partial charge in [0.2, 0.25) is 5.91 Å². The Kier molecular flexibility index (Phi) is 3.23. The first-order valence-electron chi connectivity index (χ1n) is 7.73. The minimum Gasteiger partial charge on any atom is -0.282 e. The average molecular weight is 272 g/mol. The highest BCUT2D eigenvalue weighted by atomic mass is 16.2. The summed E-state index contributed by atoms with van der Waals surface area (Å²) in [5, 5.41) is 4.29. The predicted octanol–water partition coefficient (Wildman–Crippen LogP) is 3.39. The number of unbranched alkanes of at least 4 members (excludes halogenated alkanes) is 1. The van der Waals surface area contributed by atoms with E-state index in [-0.39, 0.29) is 11.3 Å². The van der Waals surface area contributed by atoms with Crippen LogP contribution in [0.25, 0.3) is 0 Å². The molecule has 0 bridgehead atoms. The number of hydrogen-bond acceptors (Lipinski definition) is 2. The SMILES string of the molecule is CCCCN1c2ccccc2CC2CC(C)(C)C(=O)N21. The molecule has 1 saturated heterocycles. The Morgan fingerprint density at radius 1 is 1.30 bits per heavy atom. The Balaban J connectivity index is 2.00. The van der Waals surface area contributed by atoms with Crippen LogP contribution in [0.15, 0.2) is 24.3 Å². The highest BCUT2D eigenvalue weighted by molar-refractivity contribution is 5.87. The Hall–Kier alpha value is -1.51. The standard InChI is InChI=1S/C17H24N2O/c1-4-5-10-18-15-9-7-6-8-13(15)11-14-12-17(2,3)16(20)19(14)18/h6-9,14H,4-5,10-12H2,1-3H3. The normalized spacial score (nSPS) is 23.8. The average Bonchev–Trinajstić information content (AvgIpc) is 2.65. The monoisotopic (exact) mass is 272 g/mol. The van der Waals surface area contributed by atoms with Crippen LogP contribution in [0.1, 0.15) is 45.6 Å². The molecule has 0 N–H and O–H groups in total. The Labute approximate surface area is 121 Å². The van der Waals surface area contributed by atoms with Gasteiger partial charge in [-0.2, -0.15) is 0 Å². The van der Waals surface area contributed by atoms with Crippen molar-refractivity contribution < 1.29 is 4.79 Å². The largest absolute Gasteiger partial charge is 0.282 e. The molecule has 1 unspecified atom stereocenters. The molecule has 1 amide bonds. The van der Waals surface area contributed by atoms with Crippen LogP contribution in [0.3, 0.4) is 0 Å². The lowest BCUT2D eigenvalue weighted by Gasteiger charge is -2.43. The maximum absolute atomic E-state index is 12.7. The minimum atomic E-state index is -0.225. The van der Waals surface area contributed by atoms with E-state index < -0.39 is 0 Å². The number of anilines is 1. The van der Waals surface area contributed by atoms with Crippen LogP contribution in [0.5, 0.6) is 0 Å². The number of benzene rings is 1. The van der Waals surface area contributed by atoms with E-state index in [2.05, 4.69) is 55.1 Å². The fourth-order valence-electron chi connectivity index (χ4n) is 3.55. The fourth-order valence-corrected chi connectivity index (χ4v) is 3.55. The van der Waals surface area contributed by atoms with Crippen molar-refractivity contribution in [2.45, 2.75) is 52.5 Å². The summed E-state index contributed by atoms with van der Waals surface area (Å²) in [5.41, 5.74) is 2.38. The van der Waals surface area contributed by atoms with Crippen molar-refractivity contribution >= 4 is 11.6 Å². The second-order valence-corrected chi connectivity index (χ2v) is 6.70. The zero-order valence-corrected chi connectivity index (χ0v) is 12.7. The molecular weight excluding hydrogens is 248 g/mol. The summed E-state index contributed by atoms with van der Waals surface area (Å²) in [5.74, 6) is 0.285. The molecule has 3 nitrogen and oxygen atoms in total. The van der Waals surface area contributed by atoms with Crippen molar-refractivity contribution in [2.24, 2.45) is 5.41 Å². The molecule has 2 aliphatic heterocycles. The maximum atomic E-state index is 12.7. The number of para-hydroxylation sites is 1. The lowest BCUT2D eigenvalue weighted by atomic mass is 9.88. The van der Waals surface area contributed by atoms with Gasteiger partial charge in [-0.05, 0) is 30.9 Å². The van der Waals surface area contributed by atoms with Gasteiger partial charge >= 0.3 is 0 Å². The van der Waals surface area contributed by atoms with Gasteiger partial charge in [0.15, 0.2) is 0 Å². The third-order valence-corrected chi connectivity index (χ3v) is 4.59. The maximum Gasteiger partial charge on any atom is 0.247 e. The molecule has 2 heterocycles. The predicted molar refractivity (Wildman–Crippen MR) is 81.4 cm³/mol. The van der Waals surface area contributed by atoms with Crippen LogP contribution in [-0.2, 0) is 11.2 Å². The summed E-state index contributed by atoms with van der Waals surface area (Å²) < 4.78 is 0. The third-order valence-electron chi connectivity index (χ3n) is 4.59. The molecule has 0 radical (unpaired) electrons. The Morgan fingerprint density at radius 3 is 2.80 bits per heavy atom. The van der Waals surface area contributed by atoms with E-state index in [9.17, 15) is 4.79 Å². The second-order valence-electron chi connectivity index (χ2n) is 6.70. The number of carbonyl (C=O) groups is 1. The Bertz CT molecular complexity index is 523. The quantitative estimate of drug-likeness (QED) is 0.842. The smallest absolute Gasteiger partial charge is 0.247 e. The topological polar surface area (TPSA) is 23.6 Å². The number of carbonyl (C=O) groups excluding carboxylic acids is 1. The summed E-state index contributed by atoms with van der Waals surface area (Å²) >= 11 is 0. The fraction of sp³-hybridized carbons (Fsp3) is 0.588. The number of fused-ring (bicyclic) bond motifs is 2. The zero-order valence-electron chi connectivity index (χ0n) is 12.7. The molecule has 1 atom stereocenters. The number of nitrogens with zero attached hydrogens (tertiary/aromatic N) is 2. The molecule has 108 valence electrons. The third kappa shape index (κ3) is 2.00. The summed E-state index contributed by atoms with van der Waals surface area (Å²) in [6.45, 7) is 7.29. The van der Waals surface area contributed by atoms with Crippen LogP contribution in [0.4, 0.5) is 5.69 Å². The molecule has 1 aromatic carbocycles. The first-order valence-corrected chi connectivity index (χ1v) is 7.73. The van der Waals surface area contributed by atoms with E-state index in [1.54, 1.807) is 0 Å². The molecular formula is C17H24N2O. The number of rotatable bonds is 3. The summed E-state index contributed by atoms with van der Waals surface area (Å²) in [6, 6.07) is 8.88. The van der Waals surface area contributed by atoms with Crippen LogP contribution in [-0.4, -0.2) is 23.5 Å². The zero-order chi connectivity index (χ0) is 14.3. The van der Waals surface area contributed by atoms with E-state index in [1.807, 2.05) is 0 Å². The first kappa shape index (κ1) is 13.5. The van der Waals surface area contributed by atoms with Gasteiger partial charge in [-0.3, -0.25) is 9.80 Å². The summed E-state index contributed by atoms with van der Waals surface area (Å²) in [6.07, 6.45) is 4.22. The molecule has 1 fully saturated rings. The van der Waals surface area contributed by atoms with Crippen molar-refractivity contribution in [1.29, 1.82) is 0 Å². The van der Waals surface area contributed by atoms with Gasteiger partial charge in [0.05, 0.1) is 11.7 Å². The van der Waals surface area contributed by atoms with E-state index in [0.29, 0.717) is 6.04 Å². The minimum absolute atomic E-state index is 0.225. The van der Waals surface area contributed by atoms with Gasteiger partial charge < -0.3 is 0 Å². The first-order chi connectivity index (χ1) is 9.54. The highest BCUT2D eigenvalue weighted by Crippen LogP contribution is 2.43. The molecule has 1 aromatic rings. The van der Waals surface area contributed by atoms with Crippen LogP contribution >= 0.6 is 0 Å². The summed E-state index contributed by atoms with van der Waals surface area (Å²) in [4.78, 5) is 12.7. The van der Waals surface area contributed by atoms with Gasteiger partial charge in [-0.25, -0.2) is 5.01 Å². The van der Waals surface area contributed by atoms with Crippen molar-refractivity contribution in [2.75, 3.05) is 11.6 Å². The van der Waals surface area contributed by atoms with Crippen LogP contribution < -0.4 is 5.01 Å². The molecule has 20 heavy (non-hydrogen) atoms. The van der Waals surface area contributed by atoms with Gasteiger partial charge in [-0.15, -0.1) is 0 Å². The lowest BCUT2D eigenvalue weighted by Crippen LogP contribution is -2.53. The lowest BCUT2D eigenvalue weighted by molar-refractivity contribution is -0.136. The molecule has 3 rings (SSSR count). The second kappa shape index (κ2) is 4.80.